The third-order valence-corrected chi connectivity index (χ3v) is 4.78. The number of anilines is 1. The average molecular weight is 365 g/mol. The minimum Gasteiger partial charge on any atom is -0.343 e. The van der Waals surface area contributed by atoms with Crippen molar-refractivity contribution in [2.24, 2.45) is 0 Å². The van der Waals surface area contributed by atoms with Gasteiger partial charge in [0, 0.05) is 37.3 Å². The molecule has 2 N–H and O–H groups in total. The van der Waals surface area contributed by atoms with Crippen LogP contribution < -0.4 is 10.6 Å². The van der Waals surface area contributed by atoms with E-state index < -0.39 is 0 Å². The molecule has 2 amide bonds. The van der Waals surface area contributed by atoms with E-state index in [2.05, 4.69) is 10.6 Å². The summed E-state index contributed by atoms with van der Waals surface area (Å²) in [6.45, 7) is 5.34. The number of amides is 2. The lowest BCUT2D eigenvalue weighted by atomic mass is 10.1. The highest BCUT2D eigenvalue weighted by Crippen LogP contribution is 2.13. The van der Waals surface area contributed by atoms with Crippen LogP contribution in [-0.2, 0) is 11.3 Å². The second kappa shape index (κ2) is 9.33. The summed E-state index contributed by atoms with van der Waals surface area (Å²) < 4.78 is 0. The first kappa shape index (κ1) is 19.1. The maximum atomic E-state index is 12.3. The van der Waals surface area contributed by atoms with Crippen molar-refractivity contribution in [1.82, 2.24) is 10.2 Å². The van der Waals surface area contributed by atoms with Crippen molar-refractivity contribution in [3.63, 3.8) is 0 Å². The van der Waals surface area contributed by atoms with Gasteiger partial charge in [-0.25, -0.2) is 0 Å². The fourth-order valence-corrected chi connectivity index (χ4v) is 3.24. The summed E-state index contributed by atoms with van der Waals surface area (Å²) >= 11 is 0. The van der Waals surface area contributed by atoms with Crippen LogP contribution in [0.2, 0.25) is 0 Å². The molecule has 0 atom stereocenters. The molecule has 0 saturated carbocycles. The van der Waals surface area contributed by atoms with Gasteiger partial charge in [0.05, 0.1) is 0 Å². The molecule has 1 heterocycles. The smallest absolute Gasteiger partial charge is 0.255 e. The molecular formula is C22H27N3O2. The molecule has 2 aromatic carbocycles. The number of rotatable bonds is 8. The fraction of sp³-hybridized carbons (Fsp3) is 0.364. The van der Waals surface area contributed by atoms with Crippen LogP contribution in [0.15, 0.2) is 48.5 Å². The van der Waals surface area contributed by atoms with Crippen molar-refractivity contribution >= 4 is 17.5 Å². The van der Waals surface area contributed by atoms with Gasteiger partial charge in [0.15, 0.2) is 0 Å². The molecule has 3 rings (SSSR count). The summed E-state index contributed by atoms with van der Waals surface area (Å²) in [4.78, 5) is 25.9. The molecule has 0 unspecified atom stereocenters. The zero-order valence-electron chi connectivity index (χ0n) is 15.8. The van der Waals surface area contributed by atoms with E-state index in [4.69, 9.17) is 0 Å². The standard InChI is InChI=1S/C22H27N3O2/c1-17-8-10-19(11-9-17)22(27)24-20-6-2-5-18(15-20)16-23-12-4-14-25-13-3-7-21(25)26/h2,5-6,8-11,15,23H,3-4,7,12-14,16H2,1H3,(H,24,27). The molecule has 5 nitrogen and oxygen atoms in total. The molecule has 2 aromatic rings. The Morgan fingerprint density at radius 3 is 2.70 bits per heavy atom. The fourth-order valence-electron chi connectivity index (χ4n) is 3.24. The Kier molecular flexibility index (Phi) is 6.60. The third-order valence-electron chi connectivity index (χ3n) is 4.78. The Morgan fingerprint density at radius 2 is 1.96 bits per heavy atom. The van der Waals surface area contributed by atoms with Gasteiger partial charge in [-0.3, -0.25) is 9.59 Å². The molecule has 0 bridgehead atoms. The molecule has 27 heavy (non-hydrogen) atoms. The van der Waals surface area contributed by atoms with Gasteiger partial charge >= 0.3 is 0 Å². The number of likely N-dealkylation sites (tertiary alicyclic amines) is 1. The van der Waals surface area contributed by atoms with Crippen molar-refractivity contribution in [3.8, 4) is 0 Å². The van der Waals surface area contributed by atoms with E-state index in [1.807, 2.05) is 60.4 Å². The Morgan fingerprint density at radius 1 is 1.15 bits per heavy atom. The summed E-state index contributed by atoms with van der Waals surface area (Å²) in [6.07, 6.45) is 2.65. The highest BCUT2D eigenvalue weighted by atomic mass is 16.2. The maximum Gasteiger partial charge on any atom is 0.255 e. The van der Waals surface area contributed by atoms with E-state index in [-0.39, 0.29) is 11.8 Å². The number of benzene rings is 2. The number of nitrogens with zero attached hydrogens (tertiary/aromatic N) is 1. The van der Waals surface area contributed by atoms with E-state index in [1.165, 1.54) is 0 Å². The molecule has 1 saturated heterocycles. The molecule has 0 aromatic heterocycles. The van der Waals surface area contributed by atoms with Crippen LogP contribution in [0.3, 0.4) is 0 Å². The lowest BCUT2D eigenvalue weighted by molar-refractivity contribution is -0.127. The second-order valence-corrected chi connectivity index (χ2v) is 7.04. The molecule has 0 spiro atoms. The van der Waals surface area contributed by atoms with E-state index >= 15 is 0 Å². The first-order valence-electron chi connectivity index (χ1n) is 9.57. The minimum atomic E-state index is -0.101. The van der Waals surface area contributed by atoms with Crippen molar-refractivity contribution in [2.75, 3.05) is 25.0 Å². The van der Waals surface area contributed by atoms with Crippen LogP contribution in [0.4, 0.5) is 5.69 Å². The van der Waals surface area contributed by atoms with Gasteiger partial charge in [0.25, 0.3) is 5.91 Å². The van der Waals surface area contributed by atoms with Gasteiger partial charge in [-0.2, -0.15) is 0 Å². The number of hydrogen-bond acceptors (Lipinski definition) is 3. The van der Waals surface area contributed by atoms with E-state index in [1.54, 1.807) is 0 Å². The number of hydrogen-bond donors (Lipinski definition) is 2. The predicted molar refractivity (Wildman–Crippen MR) is 108 cm³/mol. The SMILES string of the molecule is Cc1ccc(C(=O)Nc2cccc(CNCCCN3CCCC3=O)c2)cc1. The number of aryl methyl sites for hydroxylation is 1. The van der Waals surface area contributed by atoms with Gasteiger partial charge < -0.3 is 15.5 Å². The van der Waals surface area contributed by atoms with Crippen molar-refractivity contribution in [3.05, 3.63) is 65.2 Å². The summed E-state index contributed by atoms with van der Waals surface area (Å²) in [5.41, 5.74) is 3.70. The minimum absolute atomic E-state index is 0.101. The van der Waals surface area contributed by atoms with Crippen LogP contribution in [0.1, 0.15) is 40.7 Å². The lowest BCUT2D eigenvalue weighted by Crippen LogP contribution is -2.28. The van der Waals surface area contributed by atoms with Crippen molar-refractivity contribution in [2.45, 2.75) is 32.7 Å². The third kappa shape index (κ3) is 5.66. The van der Waals surface area contributed by atoms with Gasteiger partial charge in [-0.1, -0.05) is 29.8 Å². The molecule has 0 aliphatic carbocycles. The summed E-state index contributed by atoms with van der Waals surface area (Å²) in [6, 6.07) is 15.4. The largest absolute Gasteiger partial charge is 0.343 e. The first-order valence-corrected chi connectivity index (χ1v) is 9.57. The normalized spacial score (nSPS) is 13.8. The van der Waals surface area contributed by atoms with Gasteiger partial charge in [0.2, 0.25) is 5.91 Å². The predicted octanol–water partition coefficient (Wildman–Crippen LogP) is 3.35. The Bertz CT molecular complexity index is 786. The van der Waals surface area contributed by atoms with Gasteiger partial charge in [-0.15, -0.1) is 0 Å². The van der Waals surface area contributed by atoms with Crippen LogP contribution in [-0.4, -0.2) is 36.3 Å². The average Bonchev–Trinajstić information content (AvgIpc) is 3.07. The van der Waals surface area contributed by atoms with Crippen molar-refractivity contribution < 1.29 is 9.59 Å². The Balaban J connectivity index is 1.43. The Labute approximate surface area is 160 Å². The van der Waals surface area contributed by atoms with Crippen LogP contribution >= 0.6 is 0 Å². The quantitative estimate of drug-likeness (QED) is 0.705. The zero-order chi connectivity index (χ0) is 19.1. The van der Waals surface area contributed by atoms with Crippen LogP contribution in [0, 0.1) is 6.92 Å². The molecule has 1 aliphatic rings. The van der Waals surface area contributed by atoms with Crippen LogP contribution in [0.25, 0.3) is 0 Å². The number of carbonyl (C=O) groups is 2. The topological polar surface area (TPSA) is 61.4 Å². The molecule has 0 radical (unpaired) electrons. The van der Waals surface area contributed by atoms with E-state index in [9.17, 15) is 9.59 Å². The maximum absolute atomic E-state index is 12.3. The Hall–Kier alpha value is -2.66. The van der Waals surface area contributed by atoms with Gasteiger partial charge in [-0.05, 0) is 56.1 Å². The summed E-state index contributed by atoms with van der Waals surface area (Å²) in [5, 5.41) is 6.36. The summed E-state index contributed by atoms with van der Waals surface area (Å²) in [5.74, 6) is 0.183. The zero-order valence-corrected chi connectivity index (χ0v) is 15.8. The summed E-state index contributed by atoms with van der Waals surface area (Å²) in [7, 11) is 0. The highest BCUT2D eigenvalue weighted by molar-refractivity contribution is 6.04. The highest BCUT2D eigenvalue weighted by Gasteiger charge is 2.18. The molecule has 1 fully saturated rings. The van der Waals surface area contributed by atoms with Crippen LogP contribution in [0.5, 0.6) is 0 Å². The number of nitrogens with one attached hydrogen (secondary N) is 2. The molecular weight excluding hydrogens is 338 g/mol. The number of carbonyl (C=O) groups excluding carboxylic acids is 2. The van der Waals surface area contributed by atoms with E-state index in [0.717, 1.165) is 55.8 Å². The molecule has 1 aliphatic heterocycles. The van der Waals surface area contributed by atoms with Crippen molar-refractivity contribution in [1.29, 1.82) is 0 Å². The second-order valence-electron chi connectivity index (χ2n) is 7.04. The monoisotopic (exact) mass is 365 g/mol. The molecule has 142 valence electrons. The lowest BCUT2D eigenvalue weighted by Gasteiger charge is -2.15. The van der Waals surface area contributed by atoms with E-state index in [0.29, 0.717) is 12.0 Å². The van der Waals surface area contributed by atoms with Gasteiger partial charge in [0.1, 0.15) is 0 Å². The molecule has 5 heteroatoms. The first-order chi connectivity index (χ1) is 13.1.